The number of rotatable bonds is 7. The van der Waals surface area contributed by atoms with Crippen LogP contribution in [0.25, 0.3) is 0 Å². The van der Waals surface area contributed by atoms with Crippen LogP contribution in [0, 0.1) is 22.7 Å². The van der Waals surface area contributed by atoms with Gasteiger partial charge in [-0.1, -0.05) is 0 Å². The molecular weight excluding hydrogens is 599 g/mol. The van der Waals surface area contributed by atoms with Crippen molar-refractivity contribution in [2.24, 2.45) is 0 Å². The molecule has 236 valence electrons. The molecule has 0 radical (unpaired) electrons. The van der Waals surface area contributed by atoms with Gasteiger partial charge in [-0.15, -0.1) is 0 Å². The van der Waals surface area contributed by atoms with Crippen LogP contribution in [0.1, 0.15) is 87.2 Å². The third-order valence-electron chi connectivity index (χ3n) is 8.99. The van der Waals surface area contributed by atoms with E-state index in [1.807, 2.05) is 0 Å². The van der Waals surface area contributed by atoms with Gasteiger partial charge in [-0.2, -0.15) is 10.5 Å². The highest BCUT2D eigenvalue weighted by Crippen LogP contribution is 2.55. The highest BCUT2D eigenvalue weighted by molar-refractivity contribution is 7.47. The number of carbonyl (C=O) groups excluding carboxylic acids is 2. The fraction of sp³-hybridized carbons (Fsp3) is 0.500. The minimum absolute atomic E-state index is 0.00323. The molecule has 45 heavy (non-hydrogen) atoms. The van der Waals surface area contributed by atoms with E-state index in [0.717, 1.165) is 6.42 Å². The minimum atomic E-state index is -4.82. The Kier molecular flexibility index (Phi) is 7.91. The van der Waals surface area contributed by atoms with Crippen LogP contribution in [0.3, 0.4) is 0 Å². The Morgan fingerprint density at radius 1 is 0.933 bits per heavy atom. The van der Waals surface area contributed by atoms with Gasteiger partial charge in [0.25, 0.3) is 0 Å². The zero-order chi connectivity index (χ0) is 32.1. The van der Waals surface area contributed by atoms with Crippen molar-refractivity contribution in [3.8, 4) is 23.6 Å². The number of carbonyl (C=O) groups is 2. The first kappa shape index (κ1) is 31.1. The average molecular weight is 635 g/mol. The molecule has 0 spiro atoms. The van der Waals surface area contributed by atoms with Gasteiger partial charge in [-0.3, -0.25) is 18.6 Å². The van der Waals surface area contributed by atoms with Crippen LogP contribution in [-0.2, 0) is 23.2 Å². The fourth-order valence-corrected chi connectivity index (χ4v) is 8.01. The minimum Gasteiger partial charge on any atom is -0.485 e. The Morgan fingerprint density at radius 3 is 2.09 bits per heavy atom. The first-order valence-corrected chi connectivity index (χ1v) is 16.5. The molecule has 12 nitrogen and oxygen atoms in total. The Balaban J connectivity index is 1.27. The van der Waals surface area contributed by atoms with Crippen molar-refractivity contribution in [1.29, 1.82) is 10.5 Å². The van der Waals surface area contributed by atoms with Gasteiger partial charge in [0.15, 0.2) is 0 Å². The van der Waals surface area contributed by atoms with Crippen LogP contribution in [0.4, 0.5) is 0 Å². The average Bonchev–Trinajstić information content (AvgIpc) is 3.63. The maximum absolute atomic E-state index is 13.7. The largest absolute Gasteiger partial charge is 0.485 e. The number of fused-ring (bicyclic) bond motifs is 2. The van der Waals surface area contributed by atoms with Gasteiger partial charge in [-0.05, 0) is 70.0 Å². The molecule has 2 saturated heterocycles. The van der Waals surface area contributed by atoms with Crippen LogP contribution in [0.5, 0.6) is 11.5 Å². The maximum Gasteiger partial charge on any atom is 0.472 e. The zero-order valence-electron chi connectivity index (χ0n) is 25.4. The highest BCUT2D eigenvalue weighted by atomic mass is 31.2. The molecule has 2 aromatic carbocycles. The Hall–Kier alpha value is -3.93. The SMILES string of the molecule is CC1(COP(=O)(O)O[C@@H]2[C@@H](N3CCCC3=O)c3cc(C#N)ccc3OC2(C)C)C[C@@H](N2CCCC2=O)c2cc(C#N)ccc2O1. The fourth-order valence-electron chi connectivity index (χ4n) is 6.86. The monoisotopic (exact) mass is 634 g/mol. The summed E-state index contributed by atoms with van der Waals surface area (Å²) in [6, 6.07) is 12.9. The summed E-state index contributed by atoms with van der Waals surface area (Å²) in [5.41, 5.74) is -0.281. The summed E-state index contributed by atoms with van der Waals surface area (Å²) in [5.74, 6) is 0.791. The molecule has 0 aromatic heterocycles. The van der Waals surface area contributed by atoms with E-state index in [1.165, 1.54) is 0 Å². The van der Waals surface area contributed by atoms with Crippen molar-refractivity contribution < 1.29 is 37.6 Å². The van der Waals surface area contributed by atoms with E-state index in [-0.39, 0.29) is 24.8 Å². The van der Waals surface area contributed by atoms with Gasteiger partial charge in [0, 0.05) is 43.5 Å². The summed E-state index contributed by atoms with van der Waals surface area (Å²) in [6.45, 7) is 5.78. The first-order valence-electron chi connectivity index (χ1n) is 15.0. The van der Waals surface area contributed by atoms with E-state index in [1.54, 1.807) is 67.0 Å². The predicted molar refractivity (Wildman–Crippen MR) is 159 cm³/mol. The number of hydrogen-bond acceptors (Lipinski definition) is 9. The third kappa shape index (κ3) is 5.92. The number of hydrogen-bond donors (Lipinski definition) is 1. The topological polar surface area (TPSA) is 162 Å². The highest BCUT2D eigenvalue weighted by Gasteiger charge is 2.53. The van der Waals surface area contributed by atoms with Gasteiger partial charge >= 0.3 is 7.82 Å². The molecule has 13 heteroatoms. The number of benzene rings is 2. The van der Waals surface area contributed by atoms with Crippen molar-refractivity contribution in [2.75, 3.05) is 19.7 Å². The summed E-state index contributed by atoms with van der Waals surface area (Å²) in [4.78, 5) is 40.3. The molecule has 0 saturated carbocycles. The molecule has 4 aliphatic heterocycles. The lowest BCUT2D eigenvalue weighted by Gasteiger charge is -2.47. The van der Waals surface area contributed by atoms with Gasteiger partial charge < -0.3 is 24.2 Å². The molecule has 2 amide bonds. The van der Waals surface area contributed by atoms with E-state index in [2.05, 4.69) is 12.1 Å². The lowest BCUT2D eigenvalue weighted by Crippen LogP contribution is -2.55. The number of likely N-dealkylation sites (tertiary alicyclic amines) is 2. The lowest BCUT2D eigenvalue weighted by molar-refractivity contribution is -0.139. The van der Waals surface area contributed by atoms with Crippen molar-refractivity contribution in [2.45, 2.75) is 82.3 Å². The number of nitriles is 2. The normalized spacial score (nSPS) is 28.3. The number of nitrogens with zero attached hydrogens (tertiary/aromatic N) is 4. The summed E-state index contributed by atoms with van der Waals surface area (Å²) >= 11 is 0. The lowest BCUT2D eigenvalue weighted by atomic mass is 9.85. The summed E-state index contributed by atoms with van der Waals surface area (Å²) in [6.07, 6.45) is 1.23. The van der Waals surface area contributed by atoms with Gasteiger partial charge in [0.1, 0.15) is 28.8 Å². The van der Waals surface area contributed by atoms with Crippen molar-refractivity contribution >= 4 is 19.6 Å². The second kappa shape index (κ2) is 11.5. The van der Waals surface area contributed by atoms with Crippen molar-refractivity contribution in [3.63, 3.8) is 0 Å². The summed E-state index contributed by atoms with van der Waals surface area (Å²) in [5, 5.41) is 19.0. The van der Waals surface area contributed by atoms with Crippen LogP contribution < -0.4 is 9.47 Å². The van der Waals surface area contributed by atoms with Gasteiger partial charge in [0.05, 0.1) is 42.0 Å². The first-order chi connectivity index (χ1) is 21.3. The van der Waals surface area contributed by atoms with Crippen molar-refractivity contribution in [3.05, 3.63) is 58.7 Å². The van der Waals surface area contributed by atoms with Crippen LogP contribution in [0.15, 0.2) is 36.4 Å². The molecule has 0 aliphatic carbocycles. The molecule has 1 N–H and O–H groups in total. The molecule has 4 aliphatic rings. The molecule has 2 unspecified atom stereocenters. The number of phosphoric ester groups is 1. The molecule has 2 fully saturated rings. The molecule has 4 heterocycles. The quantitative estimate of drug-likeness (QED) is 0.424. The van der Waals surface area contributed by atoms with Crippen LogP contribution in [0.2, 0.25) is 0 Å². The molecule has 2 aromatic rings. The molecule has 5 atom stereocenters. The standard InChI is InChI=1S/C32H35N4O8P/c1-31(2)30(29(36-13-5-7-28(36)38)23-15-21(18-34)9-11-26(23)42-31)44-45(39,40)41-19-32(3)16-24(35-12-4-6-27(35)37)22-14-20(17-33)8-10-25(22)43-32/h8-11,14-15,24,29-30H,4-7,12-13,16,19H2,1-3H3,(H,39,40)/t24-,29+,30-,32?/m1/s1. The van der Waals surface area contributed by atoms with E-state index in [9.17, 15) is 29.6 Å². The molecular formula is C32H35N4O8P. The second-order valence-corrected chi connectivity index (χ2v) is 14.2. The maximum atomic E-state index is 13.7. The predicted octanol–water partition coefficient (Wildman–Crippen LogP) is 4.67. The van der Waals surface area contributed by atoms with Gasteiger partial charge in [-0.25, -0.2) is 4.57 Å². The Labute approximate surface area is 261 Å². The Morgan fingerprint density at radius 2 is 1.51 bits per heavy atom. The number of phosphoric acid groups is 1. The van der Waals surface area contributed by atoms with E-state index in [4.69, 9.17) is 18.5 Å². The van der Waals surface area contributed by atoms with Gasteiger partial charge in [0.2, 0.25) is 11.8 Å². The third-order valence-corrected chi connectivity index (χ3v) is 9.94. The van der Waals surface area contributed by atoms with E-state index in [0.29, 0.717) is 66.1 Å². The van der Waals surface area contributed by atoms with E-state index >= 15 is 0 Å². The van der Waals surface area contributed by atoms with Crippen LogP contribution in [-0.4, -0.2) is 63.5 Å². The molecule has 6 rings (SSSR count). The van der Waals surface area contributed by atoms with E-state index < -0.39 is 37.2 Å². The summed E-state index contributed by atoms with van der Waals surface area (Å²) < 4.78 is 37.7. The zero-order valence-corrected chi connectivity index (χ0v) is 26.3. The summed E-state index contributed by atoms with van der Waals surface area (Å²) in [7, 11) is -4.82. The molecule has 0 bridgehead atoms. The smallest absolute Gasteiger partial charge is 0.472 e. The van der Waals surface area contributed by atoms with Crippen LogP contribution >= 0.6 is 7.82 Å². The Bertz CT molecular complexity index is 1680. The van der Waals surface area contributed by atoms with Crippen molar-refractivity contribution in [1.82, 2.24) is 9.80 Å². The number of amides is 2. The number of ether oxygens (including phenoxy) is 2. The second-order valence-electron chi connectivity index (χ2n) is 12.8.